The molecule has 2 nitrogen and oxygen atoms in total. The summed E-state index contributed by atoms with van der Waals surface area (Å²) in [4.78, 5) is 0. The lowest BCUT2D eigenvalue weighted by molar-refractivity contribution is 0.682. The van der Waals surface area contributed by atoms with Crippen LogP contribution in [0.25, 0.3) is 0 Å². The summed E-state index contributed by atoms with van der Waals surface area (Å²) in [6.45, 7) is 1.95. The summed E-state index contributed by atoms with van der Waals surface area (Å²) in [6, 6.07) is 0. The highest BCUT2D eigenvalue weighted by Gasteiger charge is 1.79. The first-order valence-corrected chi connectivity index (χ1v) is 1.78. The lowest BCUT2D eigenvalue weighted by atomic mass is 10.4. The van der Waals surface area contributed by atoms with Crippen molar-refractivity contribution >= 4 is 8.41 Å². The van der Waals surface area contributed by atoms with Crippen LogP contribution in [0.5, 0.6) is 0 Å². The summed E-state index contributed by atoms with van der Waals surface area (Å²) in [5.41, 5.74) is 10.1. The highest BCUT2D eigenvalue weighted by Crippen LogP contribution is 1.68. The lowest BCUT2D eigenvalue weighted by Gasteiger charge is -1.92. The second kappa shape index (κ2) is 4.98. The molecule has 0 saturated heterocycles. The quantitative estimate of drug-likeness (QED) is 0.325. The van der Waals surface area contributed by atoms with Gasteiger partial charge < -0.3 is 11.5 Å². The van der Waals surface area contributed by atoms with E-state index in [1.807, 2.05) is 6.92 Å². The van der Waals surface area contributed by atoms with Crippen LogP contribution in [-0.4, -0.2) is 14.6 Å². The average Bonchev–Trinajstić information content (AvgIpc) is 1.38. The third-order valence-corrected chi connectivity index (χ3v) is 0.471. The summed E-state index contributed by atoms with van der Waals surface area (Å²) >= 11 is 0. The van der Waals surface area contributed by atoms with E-state index in [4.69, 9.17) is 11.5 Å². The van der Waals surface area contributed by atoms with Gasteiger partial charge in [-0.05, 0) is 6.42 Å². The Hall–Kier alpha value is -0.0151. The van der Waals surface area contributed by atoms with Gasteiger partial charge in [-0.3, -0.25) is 0 Å². The standard InChI is InChI=1S/C3H10N2.B/c1-2-3(4)5;/h3H,2,4-5H2,1H3;. The molecule has 0 saturated carbocycles. The van der Waals surface area contributed by atoms with Gasteiger partial charge in [0.05, 0.1) is 6.17 Å². The van der Waals surface area contributed by atoms with Crippen molar-refractivity contribution in [1.82, 2.24) is 0 Å². The fraction of sp³-hybridized carbons (Fsp3) is 1.00. The van der Waals surface area contributed by atoms with Gasteiger partial charge in [-0.1, -0.05) is 6.92 Å². The van der Waals surface area contributed by atoms with Gasteiger partial charge in [0, 0.05) is 8.41 Å². The lowest BCUT2D eigenvalue weighted by Crippen LogP contribution is -2.28. The van der Waals surface area contributed by atoms with E-state index in [0.717, 1.165) is 6.42 Å². The van der Waals surface area contributed by atoms with Crippen LogP contribution in [0.2, 0.25) is 0 Å². The molecule has 0 amide bonds. The van der Waals surface area contributed by atoms with Gasteiger partial charge in [0.1, 0.15) is 0 Å². The van der Waals surface area contributed by atoms with Crippen LogP contribution in [0.1, 0.15) is 13.3 Å². The van der Waals surface area contributed by atoms with Crippen LogP contribution in [0.4, 0.5) is 0 Å². The monoisotopic (exact) mass is 85.1 g/mol. The molecule has 3 heteroatoms. The molecule has 0 unspecified atom stereocenters. The van der Waals surface area contributed by atoms with E-state index in [2.05, 4.69) is 0 Å². The molecule has 0 aliphatic heterocycles. The maximum Gasteiger partial charge on any atom is 0.0518 e. The molecule has 3 radical (unpaired) electrons. The Kier molecular flexibility index (Phi) is 7.78. The van der Waals surface area contributed by atoms with Crippen molar-refractivity contribution in [1.29, 1.82) is 0 Å². The van der Waals surface area contributed by atoms with Crippen molar-refractivity contribution in [2.24, 2.45) is 11.5 Å². The number of rotatable bonds is 1. The van der Waals surface area contributed by atoms with Crippen LogP contribution in [0.15, 0.2) is 0 Å². The largest absolute Gasteiger partial charge is 0.316 e. The third-order valence-electron chi connectivity index (χ3n) is 0.471. The summed E-state index contributed by atoms with van der Waals surface area (Å²) in [7, 11) is 0. The summed E-state index contributed by atoms with van der Waals surface area (Å²) < 4.78 is 0. The molecule has 0 aromatic heterocycles. The molecular weight excluding hydrogens is 74.9 g/mol. The predicted octanol–water partition coefficient (Wildman–Crippen LogP) is -0.741. The van der Waals surface area contributed by atoms with Gasteiger partial charge in [0.2, 0.25) is 0 Å². The third kappa shape index (κ3) is 9.01. The van der Waals surface area contributed by atoms with Gasteiger partial charge in [-0.2, -0.15) is 0 Å². The highest BCUT2D eigenvalue weighted by atomic mass is 14.8. The minimum Gasteiger partial charge on any atom is -0.316 e. The zero-order chi connectivity index (χ0) is 4.28. The molecule has 0 fully saturated rings. The molecule has 0 aromatic rings. The Labute approximate surface area is 40.5 Å². The molecule has 0 heterocycles. The summed E-state index contributed by atoms with van der Waals surface area (Å²) in [6.07, 6.45) is 0.745. The van der Waals surface area contributed by atoms with Gasteiger partial charge in [0.15, 0.2) is 0 Å². The molecule has 6 heavy (non-hydrogen) atoms. The van der Waals surface area contributed by atoms with Gasteiger partial charge in [-0.15, -0.1) is 0 Å². The van der Waals surface area contributed by atoms with E-state index in [1.54, 1.807) is 0 Å². The predicted molar refractivity (Wildman–Crippen MR) is 28.2 cm³/mol. The first kappa shape index (κ1) is 9.37. The van der Waals surface area contributed by atoms with Crippen LogP contribution in [0, 0.1) is 0 Å². The topological polar surface area (TPSA) is 52.0 Å². The molecule has 4 N–H and O–H groups in total. The zero-order valence-electron chi connectivity index (χ0n) is 4.02. The Balaban J connectivity index is 0. The first-order chi connectivity index (χ1) is 2.27. The van der Waals surface area contributed by atoms with E-state index < -0.39 is 0 Å². The molecule has 0 bridgehead atoms. The Bertz CT molecular complexity index is 22.8. The van der Waals surface area contributed by atoms with Crippen LogP contribution in [0.3, 0.4) is 0 Å². The smallest absolute Gasteiger partial charge is 0.0518 e. The van der Waals surface area contributed by atoms with Crippen molar-refractivity contribution in [3.8, 4) is 0 Å². The number of hydrogen-bond donors (Lipinski definition) is 2. The second-order valence-corrected chi connectivity index (χ2v) is 1.07. The maximum absolute atomic E-state index is 5.07. The molecule has 0 rings (SSSR count). The minimum absolute atomic E-state index is 0. The minimum atomic E-state index is -0.116. The molecule has 0 aromatic carbocycles. The fourth-order valence-electron chi connectivity index (χ4n) is 0. The van der Waals surface area contributed by atoms with Crippen LogP contribution < -0.4 is 11.5 Å². The molecular formula is C3H10BN2. The first-order valence-electron chi connectivity index (χ1n) is 1.78. The normalized spacial score (nSPS) is 8.00. The zero-order valence-corrected chi connectivity index (χ0v) is 4.02. The Morgan fingerprint density at radius 3 is 1.67 bits per heavy atom. The van der Waals surface area contributed by atoms with Crippen molar-refractivity contribution in [3.63, 3.8) is 0 Å². The fourth-order valence-corrected chi connectivity index (χ4v) is 0. The maximum atomic E-state index is 5.07. The van der Waals surface area contributed by atoms with Crippen LogP contribution >= 0.6 is 0 Å². The molecule has 35 valence electrons. The van der Waals surface area contributed by atoms with Gasteiger partial charge in [0.25, 0.3) is 0 Å². The number of hydrogen-bond acceptors (Lipinski definition) is 2. The van der Waals surface area contributed by atoms with Crippen molar-refractivity contribution in [2.45, 2.75) is 19.5 Å². The van der Waals surface area contributed by atoms with Gasteiger partial charge >= 0.3 is 0 Å². The number of nitrogens with two attached hydrogens (primary N) is 2. The SMILES string of the molecule is CCC(N)N.[B]. The Morgan fingerprint density at radius 1 is 1.50 bits per heavy atom. The van der Waals surface area contributed by atoms with E-state index in [9.17, 15) is 0 Å². The molecule has 0 aliphatic rings. The second-order valence-electron chi connectivity index (χ2n) is 1.07. The molecule has 0 aliphatic carbocycles. The van der Waals surface area contributed by atoms with E-state index >= 15 is 0 Å². The van der Waals surface area contributed by atoms with Gasteiger partial charge in [-0.25, -0.2) is 0 Å². The van der Waals surface area contributed by atoms with Crippen molar-refractivity contribution < 1.29 is 0 Å². The van der Waals surface area contributed by atoms with E-state index in [1.165, 1.54) is 0 Å². The van der Waals surface area contributed by atoms with E-state index in [-0.39, 0.29) is 14.6 Å². The molecule has 0 spiro atoms. The highest BCUT2D eigenvalue weighted by molar-refractivity contribution is 5.75. The Morgan fingerprint density at radius 2 is 1.67 bits per heavy atom. The van der Waals surface area contributed by atoms with Crippen LogP contribution in [-0.2, 0) is 0 Å². The average molecular weight is 84.9 g/mol. The molecule has 0 atom stereocenters. The summed E-state index contributed by atoms with van der Waals surface area (Å²) in [5, 5.41) is 0. The summed E-state index contributed by atoms with van der Waals surface area (Å²) in [5.74, 6) is 0. The van der Waals surface area contributed by atoms with Crippen molar-refractivity contribution in [3.05, 3.63) is 0 Å². The van der Waals surface area contributed by atoms with E-state index in [0.29, 0.717) is 0 Å². The van der Waals surface area contributed by atoms with Crippen molar-refractivity contribution in [2.75, 3.05) is 0 Å².